The van der Waals surface area contributed by atoms with E-state index in [1.165, 1.54) is 10.8 Å². The van der Waals surface area contributed by atoms with Gasteiger partial charge in [-0.2, -0.15) is 0 Å². The molecule has 0 saturated heterocycles. The van der Waals surface area contributed by atoms with Crippen LogP contribution in [0.25, 0.3) is 22.0 Å². The first-order valence-electron chi connectivity index (χ1n) is 6.97. The Morgan fingerprint density at radius 2 is 1.86 bits per heavy atom. The highest BCUT2D eigenvalue weighted by Gasteiger charge is 2.08. The lowest BCUT2D eigenvalue weighted by molar-refractivity contribution is 0.311. The largest absolute Gasteiger partial charge is 0.395 e. The Morgan fingerprint density at radius 3 is 2.67 bits per heavy atom. The van der Waals surface area contributed by atoms with E-state index in [1.54, 1.807) is 0 Å². The van der Waals surface area contributed by atoms with Crippen molar-refractivity contribution in [2.75, 3.05) is 18.5 Å². The normalized spacial score (nSPS) is 10.8. The zero-order chi connectivity index (χ0) is 14.7. The van der Waals surface area contributed by atoms with Gasteiger partial charge in [-0.05, 0) is 29.3 Å². The van der Waals surface area contributed by atoms with Gasteiger partial charge < -0.3 is 10.4 Å². The minimum absolute atomic E-state index is 0.0756. The Kier molecular flexibility index (Phi) is 3.79. The number of aliphatic hydroxyl groups excluding tert-OH is 1. The van der Waals surface area contributed by atoms with Crippen LogP contribution < -0.4 is 5.32 Å². The van der Waals surface area contributed by atoms with Crippen molar-refractivity contribution in [3.63, 3.8) is 0 Å². The minimum Gasteiger partial charge on any atom is -0.395 e. The standard InChI is InChI=1S/C17H17N3O/c1-12-11-16(19-20-17(12)18-9-10-21)15-8-4-6-13-5-2-3-7-14(13)15/h2-8,11,21H,9-10H2,1H3,(H,18,20). The highest BCUT2D eigenvalue weighted by molar-refractivity contribution is 5.95. The molecule has 0 unspecified atom stereocenters. The van der Waals surface area contributed by atoms with Crippen molar-refractivity contribution in [2.45, 2.75) is 6.92 Å². The number of nitrogens with one attached hydrogen (secondary N) is 1. The Hall–Kier alpha value is -2.46. The molecule has 4 heteroatoms. The Morgan fingerprint density at radius 1 is 1.05 bits per heavy atom. The summed E-state index contributed by atoms with van der Waals surface area (Å²) >= 11 is 0. The van der Waals surface area contributed by atoms with Crippen LogP contribution in [-0.2, 0) is 0 Å². The van der Waals surface area contributed by atoms with E-state index >= 15 is 0 Å². The summed E-state index contributed by atoms with van der Waals surface area (Å²) in [5.41, 5.74) is 2.96. The summed E-state index contributed by atoms with van der Waals surface area (Å²) in [5, 5.41) is 22.8. The van der Waals surface area contributed by atoms with E-state index in [2.05, 4.69) is 39.8 Å². The highest BCUT2D eigenvalue weighted by atomic mass is 16.3. The average molecular weight is 279 g/mol. The molecule has 3 aromatic rings. The molecule has 0 bridgehead atoms. The van der Waals surface area contributed by atoms with Crippen molar-refractivity contribution < 1.29 is 5.11 Å². The van der Waals surface area contributed by atoms with E-state index < -0.39 is 0 Å². The van der Waals surface area contributed by atoms with Crippen molar-refractivity contribution in [3.05, 3.63) is 54.1 Å². The molecule has 1 aromatic heterocycles. The fourth-order valence-corrected chi connectivity index (χ4v) is 2.41. The number of aliphatic hydroxyl groups is 1. The maximum atomic E-state index is 8.86. The van der Waals surface area contributed by atoms with Crippen LogP contribution >= 0.6 is 0 Å². The van der Waals surface area contributed by atoms with Crippen LogP contribution in [0.15, 0.2) is 48.5 Å². The molecule has 0 aliphatic carbocycles. The second-order valence-electron chi connectivity index (χ2n) is 4.94. The molecule has 3 rings (SSSR count). The van der Waals surface area contributed by atoms with Gasteiger partial charge in [-0.15, -0.1) is 10.2 Å². The molecule has 0 fully saturated rings. The number of rotatable bonds is 4. The predicted octanol–water partition coefficient (Wildman–Crippen LogP) is 3.01. The maximum absolute atomic E-state index is 8.86. The average Bonchev–Trinajstić information content (AvgIpc) is 2.53. The Labute approximate surface area is 123 Å². The SMILES string of the molecule is Cc1cc(-c2cccc3ccccc23)nnc1NCCO. The van der Waals surface area contributed by atoms with Crippen LogP contribution in [-0.4, -0.2) is 28.5 Å². The molecule has 4 nitrogen and oxygen atoms in total. The monoisotopic (exact) mass is 279 g/mol. The number of aromatic nitrogens is 2. The second-order valence-corrected chi connectivity index (χ2v) is 4.94. The quantitative estimate of drug-likeness (QED) is 0.770. The summed E-state index contributed by atoms with van der Waals surface area (Å²) in [6.45, 7) is 2.54. The number of aryl methyl sites for hydroxylation is 1. The molecule has 0 aliphatic rings. The van der Waals surface area contributed by atoms with Crippen LogP contribution in [0.4, 0.5) is 5.82 Å². The maximum Gasteiger partial charge on any atom is 0.151 e. The molecule has 2 aromatic carbocycles. The Balaban J connectivity index is 2.05. The van der Waals surface area contributed by atoms with Crippen molar-refractivity contribution >= 4 is 16.6 Å². The van der Waals surface area contributed by atoms with Crippen molar-refractivity contribution in [3.8, 4) is 11.3 Å². The molecule has 0 saturated carbocycles. The van der Waals surface area contributed by atoms with Crippen molar-refractivity contribution in [1.82, 2.24) is 10.2 Å². The number of hydrogen-bond donors (Lipinski definition) is 2. The number of hydrogen-bond acceptors (Lipinski definition) is 4. The Bertz CT molecular complexity index is 766. The van der Waals surface area contributed by atoms with Gasteiger partial charge in [0, 0.05) is 12.1 Å². The first-order chi connectivity index (χ1) is 10.3. The van der Waals surface area contributed by atoms with E-state index in [4.69, 9.17) is 5.11 Å². The van der Waals surface area contributed by atoms with Gasteiger partial charge in [0.2, 0.25) is 0 Å². The molecule has 0 aliphatic heterocycles. The lowest BCUT2D eigenvalue weighted by Gasteiger charge is -2.09. The number of anilines is 1. The van der Waals surface area contributed by atoms with Gasteiger partial charge in [0.05, 0.1) is 12.3 Å². The molecule has 106 valence electrons. The van der Waals surface area contributed by atoms with Gasteiger partial charge in [0.15, 0.2) is 5.82 Å². The summed E-state index contributed by atoms with van der Waals surface area (Å²) in [7, 11) is 0. The van der Waals surface area contributed by atoms with Gasteiger partial charge in [-0.25, -0.2) is 0 Å². The fourth-order valence-electron chi connectivity index (χ4n) is 2.41. The third-order valence-electron chi connectivity index (χ3n) is 3.45. The molecule has 0 amide bonds. The topological polar surface area (TPSA) is 58.0 Å². The number of fused-ring (bicyclic) bond motifs is 1. The van der Waals surface area contributed by atoms with Gasteiger partial charge in [-0.3, -0.25) is 0 Å². The van der Waals surface area contributed by atoms with E-state index in [0.29, 0.717) is 12.4 Å². The second kappa shape index (κ2) is 5.89. The molecular weight excluding hydrogens is 262 g/mol. The summed E-state index contributed by atoms with van der Waals surface area (Å²) in [6.07, 6.45) is 0. The van der Waals surface area contributed by atoms with E-state index in [9.17, 15) is 0 Å². The molecule has 0 spiro atoms. The third kappa shape index (κ3) is 2.71. The highest BCUT2D eigenvalue weighted by Crippen LogP contribution is 2.28. The molecule has 0 radical (unpaired) electrons. The van der Waals surface area contributed by atoms with Gasteiger partial charge >= 0.3 is 0 Å². The van der Waals surface area contributed by atoms with Crippen LogP contribution in [0.3, 0.4) is 0 Å². The van der Waals surface area contributed by atoms with E-state index in [-0.39, 0.29) is 6.61 Å². The van der Waals surface area contributed by atoms with Crippen molar-refractivity contribution in [1.29, 1.82) is 0 Å². The zero-order valence-electron chi connectivity index (χ0n) is 11.9. The van der Waals surface area contributed by atoms with E-state index in [0.717, 1.165) is 16.8 Å². The smallest absolute Gasteiger partial charge is 0.151 e. The van der Waals surface area contributed by atoms with Crippen LogP contribution in [0.2, 0.25) is 0 Å². The van der Waals surface area contributed by atoms with Gasteiger partial charge in [0.25, 0.3) is 0 Å². The van der Waals surface area contributed by atoms with Crippen LogP contribution in [0.5, 0.6) is 0 Å². The summed E-state index contributed by atoms with van der Waals surface area (Å²) in [4.78, 5) is 0. The predicted molar refractivity (Wildman–Crippen MR) is 85.3 cm³/mol. The lowest BCUT2D eigenvalue weighted by Crippen LogP contribution is -2.09. The molecule has 2 N–H and O–H groups in total. The minimum atomic E-state index is 0.0756. The van der Waals surface area contributed by atoms with Crippen LogP contribution in [0, 0.1) is 6.92 Å². The summed E-state index contributed by atoms with van der Waals surface area (Å²) in [6, 6.07) is 16.5. The van der Waals surface area contributed by atoms with Crippen LogP contribution in [0.1, 0.15) is 5.56 Å². The molecule has 21 heavy (non-hydrogen) atoms. The molecule has 1 heterocycles. The first-order valence-corrected chi connectivity index (χ1v) is 6.97. The number of benzene rings is 2. The molecule has 0 atom stereocenters. The summed E-state index contributed by atoms with van der Waals surface area (Å²) in [5.74, 6) is 0.716. The van der Waals surface area contributed by atoms with Gasteiger partial charge in [0.1, 0.15) is 0 Å². The fraction of sp³-hybridized carbons (Fsp3) is 0.176. The van der Waals surface area contributed by atoms with E-state index in [1.807, 2.05) is 31.2 Å². The summed E-state index contributed by atoms with van der Waals surface area (Å²) < 4.78 is 0. The number of nitrogens with zero attached hydrogens (tertiary/aromatic N) is 2. The third-order valence-corrected chi connectivity index (χ3v) is 3.45. The van der Waals surface area contributed by atoms with Crippen molar-refractivity contribution in [2.24, 2.45) is 0 Å². The lowest BCUT2D eigenvalue weighted by atomic mass is 10.0. The molecular formula is C17H17N3O. The zero-order valence-corrected chi connectivity index (χ0v) is 11.9. The first kappa shape index (κ1) is 13.5. The van der Waals surface area contributed by atoms with Gasteiger partial charge in [-0.1, -0.05) is 42.5 Å².